The summed E-state index contributed by atoms with van der Waals surface area (Å²) in [5.41, 5.74) is 0.938. The van der Waals surface area contributed by atoms with E-state index in [2.05, 4.69) is 6.58 Å². The van der Waals surface area contributed by atoms with Crippen molar-refractivity contribution in [2.24, 2.45) is 29.6 Å². The maximum atomic E-state index is 12.0. The molecule has 3 fully saturated rings. The molecule has 2 aliphatic carbocycles. The smallest absolute Gasteiger partial charge is 0.309 e. The summed E-state index contributed by atoms with van der Waals surface area (Å²) in [6.45, 7) is 7.77. The number of aliphatic hydroxyl groups is 1. The highest BCUT2D eigenvalue weighted by Gasteiger charge is 2.57. The maximum Gasteiger partial charge on any atom is 0.309 e. The minimum Gasteiger partial charge on any atom is -0.461 e. The number of fused-ring (bicyclic) bond motifs is 3. The second-order valence-corrected chi connectivity index (χ2v) is 6.34. The second kappa shape index (κ2) is 4.17. The summed E-state index contributed by atoms with van der Waals surface area (Å²) < 4.78 is 5.52. The molecular formula is C15H20O4. The van der Waals surface area contributed by atoms with Crippen LogP contribution in [0.2, 0.25) is 0 Å². The Kier molecular flexibility index (Phi) is 2.82. The molecule has 104 valence electrons. The molecule has 0 bridgehead atoms. The molecule has 3 aliphatic rings. The molecule has 0 radical (unpaired) electrons. The summed E-state index contributed by atoms with van der Waals surface area (Å²) in [6.07, 6.45) is 0.0330. The lowest BCUT2D eigenvalue weighted by Crippen LogP contribution is -2.37. The molecule has 0 spiro atoms. The van der Waals surface area contributed by atoms with Crippen LogP contribution in [-0.2, 0) is 14.3 Å². The van der Waals surface area contributed by atoms with E-state index in [1.165, 1.54) is 0 Å². The van der Waals surface area contributed by atoms with Crippen molar-refractivity contribution >= 4 is 11.8 Å². The van der Waals surface area contributed by atoms with E-state index in [-0.39, 0.29) is 47.4 Å². The van der Waals surface area contributed by atoms with Gasteiger partial charge >= 0.3 is 5.97 Å². The van der Waals surface area contributed by atoms with Crippen molar-refractivity contribution in [3.63, 3.8) is 0 Å². The predicted molar refractivity (Wildman–Crippen MR) is 68.1 cm³/mol. The van der Waals surface area contributed by atoms with E-state index in [0.717, 1.165) is 5.57 Å². The SMILES string of the molecule is C=C1C[C@H](O)[C@@H]2[C@H](OC(=O)[C@H]2C)[C@H]2[C@H](C)C(=O)C[C@@H]12. The lowest BCUT2D eigenvalue weighted by Gasteiger charge is -2.29. The third-order valence-electron chi connectivity index (χ3n) is 5.37. The highest BCUT2D eigenvalue weighted by Crippen LogP contribution is 2.51. The molecule has 1 saturated heterocycles. The summed E-state index contributed by atoms with van der Waals surface area (Å²) >= 11 is 0. The van der Waals surface area contributed by atoms with E-state index in [1.807, 2.05) is 6.92 Å². The Hall–Kier alpha value is -1.16. The Labute approximate surface area is 112 Å². The van der Waals surface area contributed by atoms with Gasteiger partial charge in [0.15, 0.2) is 0 Å². The molecular weight excluding hydrogens is 244 g/mol. The van der Waals surface area contributed by atoms with Crippen LogP contribution in [0.4, 0.5) is 0 Å². The van der Waals surface area contributed by atoms with Crippen LogP contribution < -0.4 is 0 Å². The Morgan fingerprint density at radius 1 is 1.16 bits per heavy atom. The average Bonchev–Trinajstić information content (AvgIpc) is 2.75. The molecule has 2 saturated carbocycles. The van der Waals surface area contributed by atoms with Gasteiger partial charge in [-0.15, -0.1) is 0 Å². The fourth-order valence-corrected chi connectivity index (χ4v) is 4.24. The zero-order valence-corrected chi connectivity index (χ0v) is 11.3. The Bertz CT molecular complexity index is 455. The summed E-state index contributed by atoms with van der Waals surface area (Å²) in [5.74, 6) is -0.574. The average molecular weight is 264 g/mol. The number of ether oxygens (including phenoxy) is 1. The molecule has 7 atom stereocenters. The van der Waals surface area contributed by atoms with Crippen LogP contribution in [0.1, 0.15) is 26.7 Å². The van der Waals surface area contributed by atoms with Crippen LogP contribution in [0.5, 0.6) is 0 Å². The van der Waals surface area contributed by atoms with E-state index in [9.17, 15) is 14.7 Å². The van der Waals surface area contributed by atoms with Gasteiger partial charge in [-0.2, -0.15) is 0 Å². The molecule has 1 N–H and O–H groups in total. The van der Waals surface area contributed by atoms with Crippen LogP contribution in [0, 0.1) is 29.6 Å². The monoisotopic (exact) mass is 264 g/mol. The minimum absolute atomic E-state index is 0.00366. The Morgan fingerprint density at radius 2 is 1.84 bits per heavy atom. The van der Waals surface area contributed by atoms with Gasteiger partial charge in [0.05, 0.1) is 12.0 Å². The first-order valence-corrected chi connectivity index (χ1v) is 7.00. The quantitative estimate of drug-likeness (QED) is 0.529. The first-order chi connectivity index (χ1) is 8.91. The molecule has 0 aromatic heterocycles. The molecule has 1 aliphatic heterocycles. The summed E-state index contributed by atoms with van der Waals surface area (Å²) in [5, 5.41) is 10.3. The van der Waals surface area contributed by atoms with Crippen molar-refractivity contribution in [1.29, 1.82) is 0 Å². The maximum absolute atomic E-state index is 12.0. The lowest BCUT2D eigenvalue weighted by atomic mass is 9.77. The fraction of sp³-hybridized carbons (Fsp3) is 0.733. The molecule has 0 aromatic carbocycles. The minimum atomic E-state index is -0.591. The second-order valence-electron chi connectivity index (χ2n) is 6.34. The zero-order valence-electron chi connectivity index (χ0n) is 11.3. The van der Waals surface area contributed by atoms with E-state index in [1.54, 1.807) is 6.92 Å². The number of rotatable bonds is 0. The van der Waals surface area contributed by atoms with Crippen molar-refractivity contribution in [1.82, 2.24) is 0 Å². The molecule has 0 aromatic rings. The zero-order chi connectivity index (χ0) is 13.9. The number of esters is 1. The van der Waals surface area contributed by atoms with E-state index >= 15 is 0 Å². The van der Waals surface area contributed by atoms with Crippen molar-refractivity contribution in [3.05, 3.63) is 12.2 Å². The standard InChI is InChI=1S/C15H20O4/c1-6-4-11(17)13-8(3)15(18)19-14(13)12-7(2)10(16)5-9(6)12/h7-9,11-14,17H,1,4-5H2,2-3H3/t7-,8+,9+,11+,12+,13-,14-/m1/s1. The van der Waals surface area contributed by atoms with Crippen molar-refractivity contribution in [3.8, 4) is 0 Å². The van der Waals surface area contributed by atoms with Gasteiger partial charge < -0.3 is 9.84 Å². The fourth-order valence-electron chi connectivity index (χ4n) is 4.24. The third kappa shape index (κ3) is 1.69. The van der Waals surface area contributed by atoms with E-state index < -0.39 is 6.10 Å². The molecule has 4 heteroatoms. The Morgan fingerprint density at radius 3 is 2.53 bits per heavy atom. The third-order valence-corrected chi connectivity index (χ3v) is 5.37. The number of aliphatic hydroxyl groups excluding tert-OH is 1. The van der Waals surface area contributed by atoms with Gasteiger partial charge in [-0.1, -0.05) is 26.0 Å². The predicted octanol–water partition coefficient (Wildman–Crippen LogP) is 1.33. The normalized spacial score (nSPS) is 49.6. The molecule has 3 rings (SSSR count). The largest absolute Gasteiger partial charge is 0.461 e. The van der Waals surface area contributed by atoms with Gasteiger partial charge in [-0.05, 0) is 12.3 Å². The number of carbonyl (C=O) groups excluding carboxylic acids is 2. The Balaban J connectivity index is 2.03. The number of ketones is 1. The van der Waals surface area contributed by atoms with Gasteiger partial charge in [0.25, 0.3) is 0 Å². The number of hydrogen-bond donors (Lipinski definition) is 1. The summed E-state index contributed by atoms with van der Waals surface area (Å²) in [6, 6.07) is 0. The van der Waals surface area contributed by atoms with Crippen molar-refractivity contribution in [2.45, 2.75) is 38.9 Å². The number of carbonyl (C=O) groups is 2. The topological polar surface area (TPSA) is 63.6 Å². The van der Waals surface area contributed by atoms with Crippen LogP contribution >= 0.6 is 0 Å². The van der Waals surface area contributed by atoms with Gasteiger partial charge in [-0.25, -0.2) is 0 Å². The van der Waals surface area contributed by atoms with Gasteiger partial charge in [-0.3, -0.25) is 9.59 Å². The van der Waals surface area contributed by atoms with Gasteiger partial charge in [0, 0.05) is 24.2 Å². The number of Topliss-reactive ketones (excluding diaryl/α,β-unsaturated/α-hetero) is 1. The molecule has 4 nitrogen and oxygen atoms in total. The first-order valence-electron chi connectivity index (χ1n) is 7.00. The molecule has 0 unspecified atom stereocenters. The highest BCUT2D eigenvalue weighted by atomic mass is 16.6. The van der Waals surface area contributed by atoms with Crippen molar-refractivity contribution in [2.75, 3.05) is 0 Å². The first kappa shape index (κ1) is 12.9. The van der Waals surface area contributed by atoms with Crippen LogP contribution in [-0.4, -0.2) is 29.1 Å². The lowest BCUT2D eigenvalue weighted by molar-refractivity contribution is -0.147. The van der Waals surface area contributed by atoms with Gasteiger partial charge in [0.2, 0.25) is 0 Å². The molecule has 0 amide bonds. The van der Waals surface area contributed by atoms with E-state index in [4.69, 9.17) is 4.74 Å². The van der Waals surface area contributed by atoms with Crippen molar-refractivity contribution < 1.29 is 19.4 Å². The highest BCUT2D eigenvalue weighted by molar-refractivity contribution is 5.84. The van der Waals surface area contributed by atoms with Crippen LogP contribution in [0.25, 0.3) is 0 Å². The molecule has 1 heterocycles. The molecule has 19 heavy (non-hydrogen) atoms. The van der Waals surface area contributed by atoms with E-state index in [0.29, 0.717) is 12.8 Å². The van der Waals surface area contributed by atoms with Gasteiger partial charge in [0.1, 0.15) is 11.9 Å². The van der Waals surface area contributed by atoms with Crippen LogP contribution in [0.15, 0.2) is 12.2 Å². The number of hydrogen-bond acceptors (Lipinski definition) is 4. The summed E-state index contributed by atoms with van der Waals surface area (Å²) in [4.78, 5) is 23.8. The van der Waals surface area contributed by atoms with Crippen LogP contribution in [0.3, 0.4) is 0 Å². The summed E-state index contributed by atoms with van der Waals surface area (Å²) in [7, 11) is 0.